The van der Waals surface area contributed by atoms with E-state index in [1.807, 2.05) is 13.8 Å². The van der Waals surface area contributed by atoms with E-state index in [2.05, 4.69) is 30.4 Å². The zero-order chi connectivity index (χ0) is 26.5. The molecule has 4 N–H and O–H groups in total. The minimum atomic E-state index is -3.69. The number of nitrogens with zero attached hydrogens (tertiary/aromatic N) is 4. The summed E-state index contributed by atoms with van der Waals surface area (Å²) in [6, 6.07) is 5.69. The van der Waals surface area contributed by atoms with E-state index in [0.717, 1.165) is 0 Å². The van der Waals surface area contributed by atoms with Crippen LogP contribution in [0.3, 0.4) is 0 Å². The van der Waals surface area contributed by atoms with Crippen LogP contribution >= 0.6 is 0 Å². The summed E-state index contributed by atoms with van der Waals surface area (Å²) in [5.74, 6) is -0.606. The number of hydrogen-bond acceptors (Lipinski definition) is 7. The van der Waals surface area contributed by atoms with Gasteiger partial charge in [-0.05, 0) is 45.4 Å². The molecule has 1 atom stereocenters. The Morgan fingerprint density at radius 2 is 1.94 bits per heavy atom. The highest BCUT2D eigenvalue weighted by molar-refractivity contribution is 7.92. The monoisotopic (exact) mass is 519 g/mol. The summed E-state index contributed by atoms with van der Waals surface area (Å²) in [6.45, 7) is 7.53. The molecule has 0 radical (unpaired) electrons. The average molecular weight is 520 g/mol. The highest BCUT2D eigenvalue weighted by atomic mass is 32.2. The molecule has 0 aliphatic heterocycles. The fourth-order valence-electron chi connectivity index (χ4n) is 3.42. The molecule has 0 saturated carbocycles. The van der Waals surface area contributed by atoms with Crippen molar-refractivity contribution in [3.8, 4) is 22.5 Å². The maximum absolute atomic E-state index is 15.6. The summed E-state index contributed by atoms with van der Waals surface area (Å²) in [5.41, 5.74) is 1.25. The number of hydrogen-bond donors (Lipinski definition) is 4. The van der Waals surface area contributed by atoms with Crippen LogP contribution in [-0.4, -0.2) is 57.7 Å². The van der Waals surface area contributed by atoms with Crippen LogP contribution in [0.1, 0.15) is 40.2 Å². The molecule has 3 aromatic rings. The Hall–Kier alpha value is -3.74. The van der Waals surface area contributed by atoms with Gasteiger partial charge in [0.25, 0.3) is 0 Å². The van der Waals surface area contributed by atoms with E-state index < -0.39 is 21.9 Å². The predicted molar refractivity (Wildman–Crippen MR) is 136 cm³/mol. The molecule has 0 fully saturated rings. The van der Waals surface area contributed by atoms with Gasteiger partial charge in [-0.2, -0.15) is 5.10 Å². The Kier molecular flexibility index (Phi) is 8.45. The van der Waals surface area contributed by atoms with Gasteiger partial charge < -0.3 is 15.7 Å². The third-order valence-electron chi connectivity index (χ3n) is 5.12. The minimum absolute atomic E-state index is 0.0332. The first kappa shape index (κ1) is 26.9. The van der Waals surface area contributed by atoms with Gasteiger partial charge in [0.05, 0.1) is 17.1 Å². The number of amides is 1. The maximum atomic E-state index is 15.6. The van der Waals surface area contributed by atoms with Crippen molar-refractivity contribution in [1.29, 1.82) is 0 Å². The van der Waals surface area contributed by atoms with Crippen molar-refractivity contribution in [1.82, 2.24) is 25.1 Å². The molecule has 36 heavy (non-hydrogen) atoms. The molecular formula is C23H30FN7O4S. The fourth-order valence-corrected chi connectivity index (χ4v) is 4.56. The fraction of sp³-hybridized carbons (Fsp3) is 0.391. The van der Waals surface area contributed by atoms with Gasteiger partial charge in [0.1, 0.15) is 5.69 Å². The summed E-state index contributed by atoms with van der Waals surface area (Å²) in [7, 11) is -3.69. The third-order valence-corrected chi connectivity index (χ3v) is 6.60. The lowest BCUT2D eigenvalue weighted by Crippen LogP contribution is -2.36. The molecule has 0 aliphatic rings. The zero-order valence-corrected chi connectivity index (χ0v) is 21.3. The lowest BCUT2D eigenvalue weighted by Gasteiger charge is -2.13. The van der Waals surface area contributed by atoms with Crippen molar-refractivity contribution in [2.45, 2.75) is 46.2 Å². The van der Waals surface area contributed by atoms with Gasteiger partial charge in [-0.15, -0.1) is 0 Å². The van der Waals surface area contributed by atoms with E-state index in [4.69, 9.17) is 5.11 Å². The molecule has 0 aliphatic carbocycles. The molecule has 0 unspecified atom stereocenters. The SMILES string of the molecule is CCCS(=O)(=O)Nc1cccc(-c2nn(C(C)C)cc2-c2ccnc(NC[C@H](C)NC(=O)O)n2)c1F. The molecule has 194 valence electrons. The van der Waals surface area contributed by atoms with Gasteiger partial charge in [-0.3, -0.25) is 9.40 Å². The van der Waals surface area contributed by atoms with Gasteiger partial charge in [-0.1, -0.05) is 13.0 Å². The van der Waals surface area contributed by atoms with Crippen molar-refractivity contribution >= 4 is 27.8 Å². The number of anilines is 2. The van der Waals surface area contributed by atoms with Crippen LogP contribution < -0.4 is 15.4 Å². The third kappa shape index (κ3) is 6.68. The van der Waals surface area contributed by atoms with E-state index in [0.29, 0.717) is 23.4 Å². The standard InChI is InChI=1S/C23H30FN7O4S/c1-5-11-36(34,35)30-19-8-6-7-16(20(19)24)21-17(13-31(29-21)14(2)3)18-9-10-25-22(28-18)26-12-15(4)27-23(32)33/h6-10,13-15,27,30H,5,11-12H2,1-4H3,(H,32,33)(H,25,26,28)/t15-/m0/s1. The lowest BCUT2D eigenvalue weighted by atomic mass is 10.0. The van der Waals surface area contributed by atoms with Crippen LogP contribution in [0.5, 0.6) is 0 Å². The normalized spacial score (nSPS) is 12.4. The summed E-state index contributed by atoms with van der Waals surface area (Å²) in [6.07, 6.45) is 2.54. The molecule has 0 saturated heterocycles. The van der Waals surface area contributed by atoms with Crippen molar-refractivity contribution in [3.05, 3.63) is 42.5 Å². The Morgan fingerprint density at radius 1 is 1.19 bits per heavy atom. The van der Waals surface area contributed by atoms with Gasteiger partial charge >= 0.3 is 6.09 Å². The van der Waals surface area contributed by atoms with Crippen LogP contribution in [0.2, 0.25) is 0 Å². The first-order chi connectivity index (χ1) is 17.0. The first-order valence-electron chi connectivity index (χ1n) is 11.5. The average Bonchev–Trinajstić information content (AvgIpc) is 3.24. The molecule has 0 bridgehead atoms. The maximum Gasteiger partial charge on any atom is 0.404 e. The second-order valence-electron chi connectivity index (χ2n) is 8.55. The van der Waals surface area contributed by atoms with E-state index in [1.54, 1.807) is 36.9 Å². The van der Waals surface area contributed by atoms with Crippen LogP contribution in [0.4, 0.5) is 20.8 Å². The van der Waals surface area contributed by atoms with Gasteiger partial charge in [0.15, 0.2) is 5.82 Å². The molecule has 1 amide bonds. The molecule has 3 rings (SSSR count). The summed E-state index contributed by atoms with van der Waals surface area (Å²) >= 11 is 0. The highest BCUT2D eigenvalue weighted by Gasteiger charge is 2.22. The Morgan fingerprint density at radius 3 is 2.61 bits per heavy atom. The summed E-state index contributed by atoms with van der Waals surface area (Å²) in [5, 5.41) is 18.7. The number of rotatable bonds is 11. The highest BCUT2D eigenvalue weighted by Crippen LogP contribution is 2.35. The Labute approximate surface area is 209 Å². The number of sulfonamides is 1. The summed E-state index contributed by atoms with van der Waals surface area (Å²) in [4.78, 5) is 19.5. The molecule has 13 heteroatoms. The topological polar surface area (TPSA) is 151 Å². The Bertz CT molecular complexity index is 1330. The van der Waals surface area contributed by atoms with Crippen LogP contribution in [0.25, 0.3) is 22.5 Å². The van der Waals surface area contributed by atoms with Gasteiger partial charge in [0, 0.05) is 42.1 Å². The van der Waals surface area contributed by atoms with E-state index in [9.17, 15) is 13.2 Å². The number of carboxylic acid groups (broad SMARTS) is 1. The predicted octanol–water partition coefficient (Wildman–Crippen LogP) is 3.95. The second kappa shape index (κ2) is 11.3. The molecular weight excluding hydrogens is 489 g/mol. The second-order valence-corrected chi connectivity index (χ2v) is 10.4. The smallest absolute Gasteiger partial charge is 0.404 e. The first-order valence-corrected chi connectivity index (χ1v) is 13.1. The Balaban J connectivity index is 2.01. The molecule has 1 aromatic carbocycles. The van der Waals surface area contributed by atoms with Crippen molar-refractivity contribution in [3.63, 3.8) is 0 Å². The molecule has 0 spiro atoms. The van der Waals surface area contributed by atoms with E-state index >= 15 is 4.39 Å². The minimum Gasteiger partial charge on any atom is -0.465 e. The number of carbonyl (C=O) groups is 1. The number of halogens is 1. The number of benzene rings is 1. The van der Waals surface area contributed by atoms with Crippen LogP contribution in [0.15, 0.2) is 36.7 Å². The summed E-state index contributed by atoms with van der Waals surface area (Å²) < 4.78 is 44.0. The van der Waals surface area contributed by atoms with E-state index in [-0.39, 0.29) is 41.6 Å². The molecule has 11 nitrogen and oxygen atoms in total. The van der Waals surface area contributed by atoms with Crippen LogP contribution in [0, 0.1) is 5.82 Å². The zero-order valence-electron chi connectivity index (χ0n) is 20.5. The van der Waals surface area contributed by atoms with Gasteiger partial charge in [0.2, 0.25) is 16.0 Å². The van der Waals surface area contributed by atoms with Crippen molar-refractivity contribution in [2.75, 3.05) is 22.3 Å². The van der Waals surface area contributed by atoms with Crippen LogP contribution in [-0.2, 0) is 10.0 Å². The van der Waals surface area contributed by atoms with Crippen molar-refractivity contribution in [2.24, 2.45) is 0 Å². The van der Waals surface area contributed by atoms with E-state index in [1.165, 1.54) is 18.3 Å². The quantitative estimate of drug-likeness (QED) is 0.297. The largest absolute Gasteiger partial charge is 0.465 e. The lowest BCUT2D eigenvalue weighted by molar-refractivity contribution is 0.191. The molecule has 2 heterocycles. The van der Waals surface area contributed by atoms with Gasteiger partial charge in [-0.25, -0.2) is 27.6 Å². The molecule has 2 aromatic heterocycles. The van der Waals surface area contributed by atoms with Crippen molar-refractivity contribution < 1.29 is 22.7 Å². The number of nitrogens with one attached hydrogen (secondary N) is 3. The number of aromatic nitrogens is 4.